The number of nitriles is 1. The van der Waals surface area contributed by atoms with Crippen LogP contribution in [-0.4, -0.2) is 20.7 Å². The highest BCUT2D eigenvalue weighted by Crippen LogP contribution is 2.27. The molecule has 0 aliphatic heterocycles. The molecular weight excluding hydrogens is 402 g/mol. The summed E-state index contributed by atoms with van der Waals surface area (Å²) in [7, 11) is 0. The van der Waals surface area contributed by atoms with E-state index in [-0.39, 0.29) is 22.9 Å². The van der Waals surface area contributed by atoms with Gasteiger partial charge < -0.3 is 11.1 Å². The fourth-order valence-electron chi connectivity index (χ4n) is 3.15. The van der Waals surface area contributed by atoms with Crippen LogP contribution in [0, 0.1) is 11.3 Å². The first-order chi connectivity index (χ1) is 14.4. The van der Waals surface area contributed by atoms with Gasteiger partial charge in [-0.3, -0.25) is 9.36 Å². The lowest BCUT2D eigenvalue weighted by Gasteiger charge is -2.22. The molecule has 0 saturated carbocycles. The van der Waals surface area contributed by atoms with Crippen molar-refractivity contribution >= 4 is 46.2 Å². The number of hydrogen-bond donors (Lipinski definition) is 2. The van der Waals surface area contributed by atoms with E-state index in [4.69, 9.17) is 17.3 Å². The zero-order valence-corrected chi connectivity index (χ0v) is 17.5. The van der Waals surface area contributed by atoms with Crippen LogP contribution in [0.1, 0.15) is 38.1 Å². The molecular formula is C21H20ClN7O. The highest BCUT2D eigenvalue weighted by atomic mass is 35.5. The quantitative estimate of drug-likeness (QED) is 0.600. The molecule has 0 saturated heterocycles. The second-order valence-corrected chi connectivity index (χ2v) is 6.82. The third-order valence-corrected chi connectivity index (χ3v) is 4.81. The standard InChI is InChI=1S/C21H20ClN7O/c1-4-17(25-5-2)29-16(9-13-7-6-8-15(22)18(13)20(29)30)12(3)27-19-14(10-23)11-26-21(24)28-19/h4-9,11-12H,1-3H3,(H3,24,26,27,28)/b17-4+,25-5-/t12-/m0/s1. The molecule has 0 aliphatic rings. The predicted molar refractivity (Wildman–Crippen MR) is 121 cm³/mol. The largest absolute Gasteiger partial charge is 0.368 e. The molecule has 9 heteroatoms. The van der Waals surface area contributed by atoms with Crippen LogP contribution in [-0.2, 0) is 0 Å². The number of anilines is 2. The first-order valence-electron chi connectivity index (χ1n) is 9.20. The number of nitrogen functional groups attached to an aromatic ring is 1. The van der Waals surface area contributed by atoms with Crippen molar-refractivity contribution in [1.29, 1.82) is 5.26 Å². The van der Waals surface area contributed by atoms with E-state index < -0.39 is 6.04 Å². The molecule has 0 radical (unpaired) electrons. The molecule has 152 valence electrons. The van der Waals surface area contributed by atoms with Gasteiger partial charge in [-0.2, -0.15) is 10.2 Å². The lowest BCUT2D eigenvalue weighted by molar-refractivity contribution is 0.775. The Morgan fingerprint density at radius 1 is 1.43 bits per heavy atom. The second kappa shape index (κ2) is 8.76. The van der Waals surface area contributed by atoms with E-state index in [9.17, 15) is 10.1 Å². The van der Waals surface area contributed by atoms with Gasteiger partial charge in [0, 0.05) is 6.21 Å². The summed E-state index contributed by atoms with van der Waals surface area (Å²) in [5, 5.41) is 14.0. The average Bonchev–Trinajstić information content (AvgIpc) is 2.72. The van der Waals surface area contributed by atoms with E-state index >= 15 is 0 Å². The zero-order valence-electron chi connectivity index (χ0n) is 16.7. The molecule has 2 aromatic heterocycles. The molecule has 3 N–H and O–H groups in total. The van der Waals surface area contributed by atoms with Crippen molar-refractivity contribution in [2.24, 2.45) is 4.99 Å². The summed E-state index contributed by atoms with van der Waals surface area (Å²) in [5.74, 6) is 0.774. The molecule has 0 spiro atoms. The minimum absolute atomic E-state index is 0.0381. The van der Waals surface area contributed by atoms with Crippen LogP contribution in [0.4, 0.5) is 11.8 Å². The van der Waals surface area contributed by atoms with Gasteiger partial charge in [-0.25, -0.2) is 9.98 Å². The minimum atomic E-state index is -0.426. The van der Waals surface area contributed by atoms with Gasteiger partial charge in [-0.05, 0) is 44.4 Å². The Morgan fingerprint density at radius 3 is 2.87 bits per heavy atom. The van der Waals surface area contributed by atoms with E-state index in [0.29, 0.717) is 27.3 Å². The Balaban J connectivity index is 2.25. The summed E-state index contributed by atoms with van der Waals surface area (Å²) in [5.41, 5.74) is 6.25. The molecule has 1 atom stereocenters. The SMILES string of the molecule is C/C=N\C(=C/C)n1c([C@H](C)Nc2nc(N)ncc2C#N)cc2cccc(Cl)c2c1=O. The molecule has 0 aliphatic carbocycles. The van der Waals surface area contributed by atoms with Gasteiger partial charge >= 0.3 is 0 Å². The van der Waals surface area contributed by atoms with Gasteiger partial charge in [0.1, 0.15) is 23.3 Å². The van der Waals surface area contributed by atoms with Gasteiger partial charge in [-0.1, -0.05) is 23.7 Å². The van der Waals surface area contributed by atoms with E-state index in [1.807, 2.05) is 25.1 Å². The van der Waals surface area contributed by atoms with E-state index in [0.717, 1.165) is 0 Å². The molecule has 0 fully saturated rings. The van der Waals surface area contributed by atoms with Crippen molar-refractivity contribution in [2.75, 3.05) is 11.1 Å². The number of nitrogens with one attached hydrogen (secondary N) is 1. The van der Waals surface area contributed by atoms with Crippen molar-refractivity contribution in [3.63, 3.8) is 0 Å². The highest BCUT2D eigenvalue weighted by Gasteiger charge is 2.20. The Labute approximate surface area is 178 Å². The number of allylic oxidation sites excluding steroid dienone is 1. The first-order valence-corrected chi connectivity index (χ1v) is 9.57. The van der Waals surface area contributed by atoms with E-state index in [2.05, 4.69) is 20.3 Å². The number of aromatic nitrogens is 3. The number of fused-ring (bicyclic) bond motifs is 1. The number of aliphatic imine (C=N–C) groups is 1. The molecule has 8 nitrogen and oxygen atoms in total. The number of halogens is 1. The topological polar surface area (TPSA) is 122 Å². The van der Waals surface area contributed by atoms with Crippen LogP contribution in [0.15, 0.2) is 46.3 Å². The number of hydrogen-bond acceptors (Lipinski definition) is 7. The highest BCUT2D eigenvalue weighted by molar-refractivity contribution is 6.35. The van der Waals surface area contributed by atoms with Crippen LogP contribution in [0.5, 0.6) is 0 Å². The Morgan fingerprint density at radius 2 is 2.20 bits per heavy atom. The van der Waals surface area contributed by atoms with Crippen LogP contribution in [0.25, 0.3) is 16.6 Å². The molecule has 3 aromatic rings. The van der Waals surface area contributed by atoms with Crippen molar-refractivity contribution in [1.82, 2.24) is 14.5 Å². The maximum atomic E-state index is 13.4. The van der Waals surface area contributed by atoms with Gasteiger partial charge in [0.05, 0.1) is 28.3 Å². The molecule has 2 heterocycles. The summed E-state index contributed by atoms with van der Waals surface area (Å²) < 4.78 is 1.50. The molecule has 0 bridgehead atoms. The molecule has 3 rings (SSSR count). The molecule has 30 heavy (non-hydrogen) atoms. The van der Waals surface area contributed by atoms with Crippen molar-refractivity contribution in [2.45, 2.75) is 26.8 Å². The van der Waals surface area contributed by atoms with Crippen LogP contribution in [0.3, 0.4) is 0 Å². The number of nitrogens with zero attached hydrogens (tertiary/aromatic N) is 5. The Bertz CT molecular complexity index is 1270. The lowest BCUT2D eigenvalue weighted by atomic mass is 10.1. The third-order valence-electron chi connectivity index (χ3n) is 4.50. The number of benzene rings is 1. The zero-order chi connectivity index (χ0) is 21.8. The average molecular weight is 422 g/mol. The van der Waals surface area contributed by atoms with E-state index in [1.165, 1.54) is 10.8 Å². The van der Waals surface area contributed by atoms with Gasteiger partial charge in [0.25, 0.3) is 5.56 Å². The maximum absolute atomic E-state index is 13.4. The van der Waals surface area contributed by atoms with Crippen molar-refractivity contribution < 1.29 is 0 Å². The Kier molecular flexibility index (Phi) is 6.14. The second-order valence-electron chi connectivity index (χ2n) is 6.42. The van der Waals surface area contributed by atoms with Crippen LogP contribution in [0.2, 0.25) is 5.02 Å². The normalized spacial score (nSPS) is 12.8. The minimum Gasteiger partial charge on any atom is -0.368 e. The lowest BCUT2D eigenvalue weighted by Crippen LogP contribution is -2.26. The summed E-state index contributed by atoms with van der Waals surface area (Å²) in [6.07, 6.45) is 4.70. The molecule has 0 unspecified atom stereocenters. The van der Waals surface area contributed by atoms with Gasteiger partial charge in [0.15, 0.2) is 0 Å². The summed E-state index contributed by atoms with van der Waals surface area (Å²) in [4.78, 5) is 25.7. The molecule has 1 aromatic carbocycles. The monoisotopic (exact) mass is 421 g/mol. The van der Waals surface area contributed by atoms with E-state index in [1.54, 1.807) is 38.3 Å². The molecule has 0 amide bonds. The maximum Gasteiger partial charge on any atom is 0.265 e. The summed E-state index contributed by atoms with van der Waals surface area (Å²) in [6.45, 7) is 5.42. The van der Waals surface area contributed by atoms with Gasteiger partial charge in [-0.15, -0.1) is 0 Å². The Hall–Kier alpha value is -3.70. The third kappa shape index (κ3) is 3.88. The number of pyridine rings is 1. The van der Waals surface area contributed by atoms with Gasteiger partial charge in [0.2, 0.25) is 5.95 Å². The van der Waals surface area contributed by atoms with Crippen LogP contribution >= 0.6 is 11.6 Å². The fraction of sp³-hybridized carbons (Fsp3) is 0.190. The smallest absolute Gasteiger partial charge is 0.265 e. The van der Waals surface area contributed by atoms with Crippen molar-refractivity contribution in [3.8, 4) is 6.07 Å². The van der Waals surface area contributed by atoms with Crippen LogP contribution < -0.4 is 16.6 Å². The fourth-order valence-corrected chi connectivity index (χ4v) is 3.42. The predicted octanol–water partition coefficient (Wildman–Crippen LogP) is 3.98. The number of nitrogens with two attached hydrogens (primary N) is 1. The first kappa shape index (κ1) is 21.0. The number of rotatable bonds is 5. The summed E-state index contributed by atoms with van der Waals surface area (Å²) in [6, 6.07) is 8.76. The van der Waals surface area contributed by atoms with Crippen molar-refractivity contribution in [3.05, 3.63) is 63.2 Å². The summed E-state index contributed by atoms with van der Waals surface area (Å²) >= 11 is 6.32.